The number of aliphatic hydroxyl groups excluding tert-OH is 1. The molecule has 1 aliphatic heterocycles. The van der Waals surface area contributed by atoms with Gasteiger partial charge in [-0.15, -0.1) is 0 Å². The fourth-order valence-electron chi connectivity index (χ4n) is 5.80. The quantitative estimate of drug-likeness (QED) is 0.342. The standard InChI is InChI=1S/C31H29NO/c1-31(2)18-25-28-24-11-7-6-10-22(24)16-17-26(28)32-30(29(25)27(33)19-31)23-14-12-21(13-15-23)20-8-4-3-5-9-20/h3-17,27,30,32-33H,18-19H2,1-2H3. The van der Waals surface area contributed by atoms with Crippen molar-refractivity contribution in [2.24, 2.45) is 5.41 Å². The lowest BCUT2D eigenvalue weighted by Crippen LogP contribution is -2.35. The van der Waals surface area contributed by atoms with Gasteiger partial charge in [-0.1, -0.05) is 98.8 Å². The first-order chi connectivity index (χ1) is 16.0. The molecular weight excluding hydrogens is 402 g/mol. The zero-order valence-corrected chi connectivity index (χ0v) is 19.2. The summed E-state index contributed by atoms with van der Waals surface area (Å²) in [6, 6.07) is 32.3. The topological polar surface area (TPSA) is 32.3 Å². The number of allylic oxidation sites excluding steroid dienone is 1. The molecule has 0 saturated heterocycles. The van der Waals surface area contributed by atoms with E-state index in [1.165, 1.54) is 38.6 Å². The van der Waals surface area contributed by atoms with Crippen molar-refractivity contribution < 1.29 is 5.11 Å². The number of anilines is 1. The van der Waals surface area contributed by atoms with Crippen LogP contribution in [0, 0.1) is 5.41 Å². The van der Waals surface area contributed by atoms with Gasteiger partial charge in [0.1, 0.15) is 0 Å². The molecule has 4 aromatic rings. The smallest absolute Gasteiger partial charge is 0.0784 e. The summed E-state index contributed by atoms with van der Waals surface area (Å²) in [4.78, 5) is 0. The summed E-state index contributed by atoms with van der Waals surface area (Å²) >= 11 is 0. The number of nitrogens with one attached hydrogen (secondary N) is 1. The number of hydrogen-bond donors (Lipinski definition) is 2. The Morgan fingerprint density at radius 2 is 1.48 bits per heavy atom. The summed E-state index contributed by atoms with van der Waals surface area (Å²) in [5, 5.41) is 17.7. The molecule has 2 aliphatic rings. The highest BCUT2D eigenvalue weighted by Crippen LogP contribution is 2.53. The number of hydrogen-bond acceptors (Lipinski definition) is 2. The lowest BCUT2D eigenvalue weighted by Gasteiger charge is -2.43. The highest BCUT2D eigenvalue weighted by molar-refractivity contribution is 6.02. The molecule has 0 saturated carbocycles. The van der Waals surface area contributed by atoms with Gasteiger partial charge >= 0.3 is 0 Å². The van der Waals surface area contributed by atoms with Crippen LogP contribution in [0.3, 0.4) is 0 Å². The van der Waals surface area contributed by atoms with Gasteiger partial charge in [-0.25, -0.2) is 0 Å². The Labute approximate surface area is 195 Å². The van der Waals surface area contributed by atoms with E-state index < -0.39 is 6.10 Å². The van der Waals surface area contributed by atoms with E-state index in [0.717, 1.165) is 24.1 Å². The van der Waals surface area contributed by atoms with Crippen molar-refractivity contribution in [2.45, 2.75) is 38.8 Å². The molecule has 2 nitrogen and oxygen atoms in total. The highest BCUT2D eigenvalue weighted by atomic mass is 16.3. The molecule has 0 spiro atoms. The van der Waals surface area contributed by atoms with Crippen LogP contribution < -0.4 is 5.32 Å². The van der Waals surface area contributed by atoms with Crippen molar-refractivity contribution >= 4 is 22.0 Å². The van der Waals surface area contributed by atoms with Crippen molar-refractivity contribution in [1.29, 1.82) is 0 Å². The predicted octanol–water partition coefficient (Wildman–Crippen LogP) is 7.61. The van der Waals surface area contributed by atoms with Gasteiger partial charge in [0.15, 0.2) is 0 Å². The fraction of sp³-hybridized carbons (Fsp3) is 0.226. The summed E-state index contributed by atoms with van der Waals surface area (Å²) in [5.41, 5.74) is 8.58. The van der Waals surface area contributed by atoms with E-state index in [1.807, 2.05) is 6.07 Å². The van der Waals surface area contributed by atoms with Crippen LogP contribution >= 0.6 is 0 Å². The van der Waals surface area contributed by atoms with Crippen LogP contribution in [0.2, 0.25) is 0 Å². The van der Waals surface area contributed by atoms with Crippen LogP contribution in [-0.2, 0) is 0 Å². The molecule has 0 amide bonds. The minimum atomic E-state index is -0.456. The first-order valence-corrected chi connectivity index (χ1v) is 11.9. The summed E-state index contributed by atoms with van der Waals surface area (Å²) in [6.07, 6.45) is 1.30. The Balaban J connectivity index is 1.51. The molecule has 0 radical (unpaired) electrons. The molecule has 0 aromatic heterocycles. The van der Waals surface area contributed by atoms with E-state index in [-0.39, 0.29) is 11.5 Å². The van der Waals surface area contributed by atoms with Crippen LogP contribution in [0.15, 0.2) is 96.6 Å². The third-order valence-corrected chi connectivity index (χ3v) is 7.30. The van der Waals surface area contributed by atoms with Gasteiger partial charge < -0.3 is 10.4 Å². The number of benzene rings is 4. The Bertz CT molecular complexity index is 1370. The summed E-state index contributed by atoms with van der Waals surface area (Å²) in [6.45, 7) is 4.55. The third kappa shape index (κ3) is 3.46. The zero-order valence-electron chi connectivity index (χ0n) is 19.2. The summed E-state index contributed by atoms with van der Waals surface area (Å²) in [5.74, 6) is 0. The second kappa shape index (κ2) is 7.60. The molecule has 33 heavy (non-hydrogen) atoms. The summed E-state index contributed by atoms with van der Waals surface area (Å²) < 4.78 is 0. The maximum Gasteiger partial charge on any atom is 0.0784 e. The highest BCUT2D eigenvalue weighted by Gasteiger charge is 2.40. The normalized spacial score (nSPS) is 21.3. The number of fused-ring (bicyclic) bond motifs is 4. The molecule has 164 valence electrons. The molecule has 2 atom stereocenters. The second-order valence-corrected chi connectivity index (χ2v) is 10.3. The van der Waals surface area contributed by atoms with Gasteiger partial charge in [-0.3, -0.25) is 0 Å². The predicted molar refractivity (Wildman–Crippen MR) is 138 cm³/mol. The first-order valence-electron chi connectivity index (χ1n) is 11.9. The van der Waals surface area contributed by atoms with Gasteiger partial charge in [0.05, 0.1) is 12.1 Å². The first kappa shape index (κ1) is 20.3. The SMILES string of the molecule is CC1(C)CC2=C(C(O)C1)C(c1ccc(-c3ccccc3)cc1)Nc1ccc3ccccc3c12. The molecule has 2 N–H and O–H groups in total. The lowest BCUT2D eigenvalue weighted by atomic mass is 9.67. The fourth-order valence-corrected chi connectivity index (χ4v) is 5.80. The van der Waals surface area contributed by atoms with Gasteiger partial charge in [0, 0.05) is 11.3 Å². The minimum Gasteiger partial charge on any atom is -0.389 e. The molecule has 2 unspecified atom stereocenters. The average Bonchev–Trinajstić information content (AvgIpc) is 2.83. The van der Waals surface area contributed by atoms with Gasteiger partial charge in [0.2, 0.25) is 0 Å². The van der Waals surface area contributed by atoms with Crippen molar-refractivity contribution in [3.8, 4) is 11.1 Å². The molecule has 1 heterocycles. The van der Waals surface area contributed by atoms with Crippen LogP contribution in [0.4, 0.5) is 5.69 Å². The molecule has 2 heteroatoms. The molecule has 1 aliphatic carbocycles. The average molecular weight is 432 g/mol. The monoisotopic (exact) mass is 431 g/mol. The van der Waals surface area contributed by atoms with E-state index >= 15 is 0 Å². The molecule has 0 fully saturated rings. The Hall–Kier alpha value is -3.36. The van der Waals surface area contributed by atoms with Crippen LogP contribution in [0.1, 0.15) is 43.9 Å². The van der Waals surface area contributed by atoms with E-state index in [1.54, 1.807) is 0 Å². The lowest BCUT2D eigenvalue weighted by molar-refractivity contribution is 0.130. The van der Waals surface area contributed by atoms with Crippen LogP contribution in [0.5, 0.6) is 0 Å². The van der Waals surface area contributed by atoms with Gasteiger partial charge in [-0.2, -0.15) is 0 Å². The van der Waals surface area contributed by atoms with Gasteiger partial charge in [0.25, 0.3) is 0 Å². The zero-order chi connectivity index (χ0) is 22.6. The Morgan fingerprint density at radius 1 is 0.788 bits per heavy atom. The van der Waals surface area contributed by atoms with Crippen LogP contribution in [-0.4, -0.2) is 11.2 Å². The largest absolute Gasteiger partial charge is 0.389 e. The third-order valence-electron chi connectivity index (χ3n) is 7.30. The Morgan fingerprint density at radius 3 is 2.27 bits per heavy atom. The van der Waals surface area contributed by atoms with Crippen molar-refractivity contribution in [3.63, 3.8) is 0 Å². The Kier molecular flexibility index (Phi) is 4.67. The van der Waals surface area contributed by atoms with E-state index in [4.69, 9.17) is 0 Å². The number of rotatable bonds is 2. The van der Waals surface area contributed by atoms with Crippen LogP contribution in [0.25, 0.3) is 27.5 Å². The minimum absolute atomic E-state index is 0.0235. The second-order valence-electron chi connectivity index (χ2n) is 10.3. The van der Waals surface area contributed by atoms with Crippen molar-refractivity contribution in [3.05, 3.63) is 108 Å². The number of aliphatic hydroxyl groups is 1. The molecule has 0 bridgehead atoms. The van der Waals surface area contributed by atoms with E-state index in [0.29, 0.717) is 0 Å². The van der Waals surface area contributed by atoms with Crippen molar-refractivity contribution in [2.75, 3.05) is 5.32 Å². The van der Waals surface area contributed by atoms with E-state index in [9.17, 15) is 5.11 Å². The van der Waals surface area contributed by atoms with Crippen molar-refractivity contribution in [1.82, 2.24) is 0 Å². The molecule has 6 rings (SSSR count). The maximum absolute atomic E-state index is 11.4. The van der Waals surface area contributed by atoms with Gasteiger partial charge in [-0.05, 0) is 62.9 Å². The molecular formula is C31H29NO. The molecule has 4 aromatic carbocycles. The maximum atomic E-state index is 11.4. The van der Waals surface area contributed by atoms with E-state index in [2.05, 4.69) is 104 Å². The summed E-state index contributed by atoms with van der Waals surface area (Å²) in [7, 11) is 0.